The molecule has 1 heterocycles. The topological polar surface area (TPSA) is 29.3 Å². The second-order valence-corrected chi connectivity index (χ2v) is 5.65. The van der Waals surface area contributed by atoms with Crippen molar-refractivity contribution in [2.24, 2.45) is 5.92 Å². The standard InChI is InChI=1S/C17H20N2/c1-12-8-15(18)10-16(9-12)19-11-13(2)7-14-5-3-4-6-17(14)19/h3-6,8-10,13H,7,11,18H2,1-2H3. The van der Waals surface area contributed by atoms with Crippen LogP contribution >= 0.6 is 0 Å². The van der Waals surface area contributed by atoms with E-state index in [9.17, 15) is 0 Å². The molecular weight excluding hydrogens is 232 g/mol. The lowest BCUT2D eigenvalue weighted by molar-refractivity contribution is 0.562. The number of nitrogen functional groups attached to an aromatic ring is 1. The van der Waals surface area contributed by atoms with Crippen LogP contribution in [0.25, 0.3) is 0 Å². The predicted molar refractivity (Wildman–Crippen MR) is 81.9 cm³/mol. The molecule has 0 spiro atoms. The average molecular weight is 252 g/mol. The first-order chi connectivity index (χ1) is 9.13. The van der Waals surface area contributed by atoms with Gasteiger partial charge >= 0.3 is 0 Å². The molecule has 1 aliphatic heterocycles. The van der Waals surface area contributed by atoms with Crippen molar-refractivity contribution >= 4 is 17.1 Å². The summed E-state index contributed by atoms with van der Waals surface area (Å²) < 4.78 is 0. The first kappa shape index (κ1) is 12.1. The number of fused-ring (bicyclic) bond motifs is 1. The number of nitrogens with zero attached hydrogens (tertiary/aromatic N) is 1. The van der Waals surface area contributed by atoms with E-state index in [-0.39, 0.29) is 0 Å². The van der Waals surface area contributed by atoms with Crippen molar-refractivity contribution in [3.63, 3.8) is 0 Å². The molecule has 0 bridgehead atoms. The van der Waals surface area contributed by atoms with Crippen LogP contribution in [0.2, 0.25) is 0 Å². The zero-order chi connectivity index (χ0) is 13.4. The molecule has 0 saturated heterocycles. The van der Waals surface area contributed by atoms with E-state index in [1.165, 1.54) is 22.5 Å². The Labute approximate surface area is 114 Å². The average Bonchev–Trinajstić information content (AvgIpc) is 2.36. The number of hydrogen-bond acceptors (Lipinski definition) is 2. The molecule has 19 heavy (non-hydrogen) atoms. The third-order valence-corrected chi connectivity index (χ3v) is 3.74. The maximum Gasteiger partial charge on any atom is 0.0443 e. The Morgan fingerprint density at radius 2 is 1.95 bits per heavy atom. The number of para-hydroxylation sites is 1. The molecule has 0 radical (unpaired) electrons. The summed E-state index contributed by atoms with van der Waals surface area (Å²) in [6.07, 6.45) is 1.16. The minimum Gasteiger partial charge on any atom is -0.399 e. The van der Waals surface area contributed by atoms with Gasteiger partial charge in [0.25, 0.3) is 0 Å². The van der Waals surface area contributed by atoms with Gasteiger partial charge in [0.05, 0.1) is 0 Å². The number of rotatable bonds is 1. The fourth-order valence-electron chi connectivity index (χ4n) is 2.99. The van der Waals surface area contributed by atoms with E-state index >= 15 is 0 Å². The van der Waals surface area contributed by atoms with Crippen molar-refractivity contribution in [1.82, 2.24) is 0 Å². The molecule has 2 aromatic carbocycles. The molecule has 0 saturated carbocycles. The molecule has 3 rings (SSSR count). The fraction of sp³-hybridized carbons (Fsp3) is 0.294. The Morgan fingerprint density at radius 3 is 2.74 bits per heavy atom. The van der Waals surface area contributed by atoms with Crippen LogP contribution in [0.4, 0.5) is 17.1 Å². The van der Waals surface area contributed by atoms with Gasteiger partial charge < -0.3 is 10.6 Å². The number of aryl methyl sites for hydroxylation is 1. The molecule has 0 fully saturated rings. The lowest BCUT2D eigenvalue weighted by Crippen LogP contribution is -2.30. The van der Waals surface area contributed by atoms with Crippen molar-refractivity contribution in [2.45, 2.75) is 20.3 Å². The van der Waals surface area contributed by atoms with Crippen molar-refractivity contribution in [3.05, 3.63) is 53.6 Å². The van der Waals surface area contributed by atoms with Crippen molar-refractivity contribution in [2.75, 3.05) is 17.2 Å². The van der Waals surface area contributed by atoms with Crippen molar-refractivity contribution < 1.29 is 0 Å². The van der Waals surface area contributed by atoms with Crippen LogP contribution in [0.1, 0.15) is 18.1 Å². The van der Waals surface area contributed by atoms with Crippen molar-refractivity contribution in [1.29, 1.82) is 0 Å². The summed E-state index contributed by atoms with van der Waals surface area (Å²) in [6, 6.07) is 15.0. The van der Waals surface area contributed by atoms with Crippen LogP contribution in [-0.4, -0.2) is 6.54 Å². The Bertz CT molecular complexity index is 584. The summed E-state index contributed by atoms with van der Waals surface area (Å²) >= 11 is 0. The number of nitrogens with two attached hydrogens (primary N) is 1. The van der Waals surface area contributed by atoms with E-state index in [0.29, 0.717) is 5.92 Å². The van der Waals surface area contributed by atoms with Gasteiger partial charge in [-0.2, -0.15) is 0 Å². The zero-order valence-electron chi connectivity index (χ0n) is 11.6. The molecule has 2 nitrogen and oxygen atoms in total. The van der Waals surface area contributed by atoms with Crippen LogP contribution in [0, 0.1) is 12.8 Å². The largest absolute Gasteiger partial charge is 0.399 e. The lowest BCUT2D eigenvalue weighted by atomic mass is 9.93. The smallest absolute Gasteiger partial charge is 0.0443 e. The fourth-order valence-corrected chi connectivity index (χ4v) is 2.99. The molecule has 0 aliphatic carbocycles. The van der Waals surface area contributed by atoms with E-state index < -0.39 is 0 Å². The highest BCUT2D eigenvalue weighted by Gasteiger charge is 2.22. The molecule has 2 aromatic rings. The van der Waals surface area contributed by atoms with Gasteiger partial charge in [0.15, 0.2) is 0 Å². The van der Waals surface area contributed by atoms with E-state index in [1.807, 2.05) is 6.07 Å². The van der Waals surface area contributed by atoms with Crippen LogP contribution in [-0.2, 0) is 6.42 Å². The summed E-state index contributed by atoms with van der Waals surface area (Å²) in [5, 5.41) is 0. The van der Waals surface area contributed by atoms with E-state index in [1.54, 1.807) is 0 Å². The molecule has 98 valence electrons. The van der Waals surface area contributed by atoms with Crippen LogP contribution in [0.15, 0.2) is 42.5 Å². The summed E-state index contributed by atoms with van der Waals surface area (Å²) in [5.41, 5.74) is 12.0. The highest BCUT2D eigenvalue weighted by atomic mass is 15.1. The van der Waals surface area contributed by atoms with Gasteiger partial charge in [-0.1, -0.05) is 25.1 Å². The summed E-state index contributed by atoms with van der Waals surface area (Å²) in [4.78, 5) is 2.40. The first-order valence-electron chi connectivity index (χ1n) is 6.86. The van der Waals surface area contributed by atoms with E-state index in [4.69, 9.17) is 5.73 Å². The molecule has 1 unspecified atom stereocenters. The molecule has 2 N–H and O–H groups in total. The third-order valence-electron chi connectivity index (χ3n) is 3.74. The third kappa shape index (κ3) is 2.30. The maximum absolute atomic E-state index is 5.99. The number of hydrogen-bond donors (Lipinski definition) is 1. The monoisotopic (exact) mass is 252 g/mol. The lowest BCUT2D eigenvalue weighted by Gasteiger charge is -2.35. The van der Waals surface area contributed by atoms with E-state index in [2.05, 4.69) is 55.1 Å². The second-order valence-electron chi connectivity index (χ2n) is 5.65. The Hall–Kier alpha value is -1.96. The Kier molecular flexibility index (Phi) is 2.94. The Morgan fingerprint density at radius 1 is 1.16 bits per heavy atom. The zero-order valence-corrected chi connectivity index (χ0v) is 11.6. The maximum atomic E-state index is 5.99. The molecule has 1 aliphatic rings. The van der Waals surface area contributed by atoms with Crippen molar-refractivity contribution in [3.8, 4) is 0 Å². The van der Waals surface area contributed by atoms with E-state index in [0.717, 1.165) is 18.7 Å². The SMILES string of the molecule is Cc1cc(N)cc(N2CC(C)Cc3ccccc32)c1. The van der Waals surface area contributed by atoms with Crippen LogP contribution < -0.4 is 10.6 Å². The normalized spacial score (nSPS) is 18.2. The van der Waals surface area contributed by atoms with Crippen LogP contribution in [0.5, 0.6) is 0 Å². The molecule has 1 atom stereocenters. The van der Waals surface area contributed by atoms with Gasteiger partial charge in [0, 0.05) is 23.6 Å². The molecule has 2 heteroatoms. The van der Waals surface area contributed by atoms with Gasteiger partial charge in [-0.05, 0) is 54.7 Å². The first-order valence-corrected chi connectivity index (χ1v) is 6.86. The van der Waals surface area contributed by atoms with Crippen LogP contribution in [0.3, 0.4) is 0 Å². The van der Waals surface area contributed by atoms with Gasteiger partial charge in [-0.25, -0.2) is 0 Å². The minimum absolute atomic E-state index is 0.664. The molecule has 0 aromatic heterocycles. The second kappa shape index (κ2) is 4.61. The van der Waals surface area contributed by atoms with Gasteiger partial charge in [0.2, 0.25) is 0 Å². The highest BCUT2D eigenvalue weighted by molar-refractivity contribution is 5.71. The molecular formula is C17H20N2. The van der Waals surface area contributed by atoms with Gasteiger partial charge in [-0.3, -0.25) is 0 Å². The Balaban J connectivity index is 2.09. The number of benzene rings is 2. The summed E-state index contributed by atoms with van der Waals surface area (Å²) in [5.74, 6) is 0.664. The van der Waals surface area contributed by atoms with Gasteiger partial charge in [0.1, 0.15) is 0 Å². The summed E-state index contributed by atoms with van der Waals surface area (Å²) in [6.45, 7) is 5.46. The minimum atomic E-state index is 0.664. The number of anilines is 3. The van der Waals surface area contributed by atoms with Gasteiger partial charge in [-0.15, -0.1) is 0 Å². The predicted octanol–water partition coefficient (Wildman–Crippen LogP) is 3.91. The molecule has 0 amide bonds. The summed E-state index contributed by atoms with van der Waals surface area (Å²) in [7, 11) is 0. The highest BCUT2D eigenvalue weighted by Crippen LogP contribution is 2.36. The quantitative estimate of drug-likeness (QED) is 0.780.